The van der Waals surface area contributed by atoms with Crippen LogP contribution in [-0.4, -0.2) is 47.8 Å². The highest BCUT2D eigenvalue weighted by Gasteiger charge is 2.19. The van der Waals surface area contributed by atoms with E-state index in [4.69, 9.17) is 0 Å². The molecule has 1 fully saturated rings. The van der Waals surface area contributed by atoms with E-state index in [1.165, 1.54) is 12.6 Å². The van der Waals surface area contributed by atoms with Crippen LogP contribution >= 0.6 is 0 Å². The molecule has 30 heavy (non-hydrogen) atoms. The largest absolute Gasteiger partial charge is 0.368 e. The van der Waals surface area contributed by atoms with Crippen molar-refractivity contribution in [2.24, 2.45) is 0 Å². The smallest absolute Gasteiger partial charge is 0.255 e. The molecule has 0 saturated carbocycles. The van der Waals surface area contributed by atoms with Crippen molar-refractivity contribution in [3.05, 3.63) is 78.1 Å². The number of Topliss-reactive ketones (excluding diaryl/α,β-unsaturated/α-hetero) is 1. The van der Waals surface area contributed by atoms with Gasteiger partial charge in [0.1, 0.15) is 0 Å². The number of nitrogens with zero attached hydrogens (tertiary/aromatic N) is 4. The summed E-state index contributed by atoms with van der Waals surface area (Å²) in [6, 6.07) is 16.9. The maximum atomic E-state index is 12.4. The highest BCUT2D eigenvalue weighted by Crippen LogP contribution is 2.18. The summed E-state index contributed by atoms with van der Waals surface area (Å²) in [5, 5.41) is 2.79. The first-order chi connectivity index (χ1) is 14.6. The molecule has 7 heteroatoms. The molecule has 3 aromatic rings. The average Bonchev–Trinajstić information content (AvgIpc) is 2.80. The summed E-state index contributed by atoms with van der Waals surface area (Å²) in [4.78, 5) is 37.1. The summed E-state index contributed by atoms with van der Waals surface area (Å²) >= 11 is 0. The highest BCUT2D eigenvalue weighted by atomic mass is 16.1. The van der Waals surface area contributed by atoms with Crippen molar-refractivity contribution in [1.29, 1.82) is 0 Å². The molecule has 0 aliphatic carbocycles. The summed E-state index contributed by atoms with van der Waals surface area (Å²) in [5.74, 6) is 0.361. The van der Waals surface area contributed by atoms with Gasteiger partial charge in [-0.25, -0.2) is 9.97 Å². The first-order valence-electron chi connectivity index (χ1n) is 9.89. The third-order valence-electron chi connectivity index (χ3n) is 5.13. The number of nitrogens with one attached hydrogen (secondary N) is 1. The van der Waals surface area contributed by atoms with Crippen LogP contribution in [0.5, 0.6) is 0 Å². The van der Waals surface area contributed by atoms with E-state index in [0.717, 1.165) is 26.2 Å². The van der Waals surface area contributed by atoms with Gasteiger partial charge in [0.15, 0.2) is 5.78 Å². The first-order valence-corrected chi connectivity index (χ1v) is 9.89. The van der Waals surface area contributed by atoms with Gasteiger partial charge in [-0.05, 0) is 31.2 Å². The Labute approximate surface area is 175 Å². The molecule has 1 aliphatic heterocycles. The van der Waals surface area contributed by atoms with E-state index in [9.17, 15) is 9.59 Å². The Kier molecular flexibility index (Phi) is 5.70. The van der Waals surface area contributed by atoms with E-state index in [-0.39, 0.29) is 11.7 Å². The maximum absolute atomic E-state index is 12.4. The number of carbonyl (C=O) groups excluding carboxylic acids is 2. The summed E-state index contributed by atoms with van der Waals surface area (Å²) in [6.45, 7) is 4.98. The minimum atomic E-state index is -0.266. The number of amides is 1. The predicted molar refractivity (Wildman–Crippen MR) is 117 cm³/mol. The summed E-state index contributed by atoms with van der Waals surface area (Å²) < 4.78 is 0. The topological polar surface area (TPSA) is 78.4 Å². The Bertz CT molecular complexity index is 1010. The average molecular weight is 401 g/mol. The molecule has 7 nitrogen and oxygen atoms in total. The Morgan fingerprint density at radius 1 is 0.800 bits per heavy atom. The standard InChI is InChI=1S/C23H23N5O2/c1-17(29)18-7-9-19(10-8-18)22(30)26-20-15-24-23(25-16-20)28-13-11-27(12-14-28)21-5-3-2-4-6-21/h2-10,15-16H,11-14H2,1H3,(H,26,30). The minimum Gasteiger partial charge on any atom is -0.368 e. The molecule has 0 spiro atoms. The Hall–Kier alpha value is -3.74. The van der Waals surface area contributed by atoms with Crippen molar-refractivity contribution in [2.45, 2.75) is 6.92 Å². The van der Waals surface area contributed by atoms with Gasteiger partial charge in [0, 0.05) is 43.0 Å². The number of hydrogen-bond acceptors (Lipinski definition) is 6. The van der Waals surface area contributed by atoms with Crippen molar-refractivity contribution in [3.63, 3.8) is 0 Å². The van der Waals surface area contributed by atoms with Crippen molar-refractivity contribution >= 4 is 29.0 Å². The first kappa shape index (κ1) is 19.6. The highest BCUT2D eigenvalue weighted by molar-refractivity contribution is 6.04. The van der Waals surface area contributed by atoms with E-state index in [0.29, 0.717) is 22.8 Å². The number of para-hydroxylation sites is 1. The van der Waals surface area contributed by atoms with Gasteiger partial charge in [0.2, 0.25) is 5.95 Å². The van der Waals surface area contributed by atoms with Crippen molar-refractivity contribution < 1.29 is 9.59 Å². The van der Waals surface area contributed by atoms with Crippen LogP contribution in [0.25, 0.3) is 0 Å². The fourth-order valence-corrected chi connectivity index (χ4v) is 3.41. The lowest BCUT2D eigenvalue weighted by Gasteiger charge is -2.36. The second-order valence-corrected chi connectivity index (χ2v) is 7.17. The van der Waals surface area contributed by atoms with Crippen LogP contribution in [0.3, 0.4) is 0 Å². The molecule has 4 rings (SSSR count). The van der Waals surface area contributed by atoms with Crippen LogP contribution in [0.2, 0.25) is 0 Å². The second kappa shape index (κ2) is 8.73. The number of ketones is 1. The van der Waals surface area contributed by atoms with Gasteiger partial charge < -0.3 is 15.1 Å². The summed E-state index contributed by atoms with van der Waals surface area (Å²) in [5.41, 5.74) is 2.81. The van der Waals surface area contributed by atoms with Crippen LogP contribution in [0.15, 0.2) is 67.0 Å². The molecular weight excluding hydrogens is 378 g/mol. The zero-order valence-corrected chi connectivity index (χ0v) is 16.8. The lowest BCUT2D eigenvalue weighted by Crippen LogP contribution is -2.47. The number of benzene rings is 2. The summed E-state index contributed by atoms with van der Waals surface area (Å²) in [6.07, 6.45) is 3.24. The van der Waals surface area contributed by atoms with Gasteiger partial charge in [-0.2, -0.15) is 0 Å². The molecule has 2 aromatic carbocycles. The third kappa shape index (κ3) is 4.46. The lowest BCUT2D eigenvalue weighted by molar-refractivity contribution is 0.100. The van der Waals surface area contributed by atoms with Crippen LogP contribution < -0.4 is 15.1 Å². The monoisotopic (exact) mass is 401 g/mol. The quantitative estimate of drug-likeness (QED) is 0.661. The van der Waals surface area contributed by atoms with E-state index in [1.807, 2.05) is 6.07 Å². The van der Waals surface area contributed by atoms with E-state index < -0.39 is 0 Å². The summed E-state index contributed by atoms with van der Waals surface area (Å²) in [7, 11) is 0. The Morgan fingerprint density at radius 3 is 1.97 bits per heavy atom. The number of hydrogen-bond donors (Lipinski definition) is 1. The molecule has 0 bridgehead atoms. The third-order valence-corrected chi connectivity index (χ3v) is 5.13. The number of rotatable bonds is 5. The van der Waals surface area contributed by atoms with Crippen LogP contribution in [-0.2, 0) is 0 Å². The van der Waals surface area contributed by atoms with Gasteiger partial charge in [-0.1, -0.05) is 30.3 Å². The lowest BCUT2D eigenvalue weighted by atomic mass is 10.1. The molecular formula is C23H23N5O2. The molecule has 152 valence electrons. The molecule has 0 atom stereocenters. The normalized spacial score (nSPS) is 13.8. The van der Waals surface area contributed by atoms with Gasteiger partial charge in [-0.3, -0.25) is 9.59 Å². The van der Waals surface area contributed by atoms with Gasteiger partial charge >= 0.3 is 0 Å². The molecule has 0 radical (unpaired) electrons. The second-order valence-electron chi connectivity index (χ2n) is 7.17. The van der Waals surface area contributed by atoms with Gasteiger partial charge in [-0.15, -0.1) is 0 Å². The van der Waals surface area contributed by atoms with Crippen molar-refractivity contribution in [3.8, 4) is 0 Å². The van der Waals surface area contributed by atoms with E-state index in [1.54, 1.807) is 36.7 Å². The Morgan fingerprint density at radius 2 is 1.37 bits per heavy atom. The SMILES string of the molecule is CC(=O)c1ccc(C(=O)Nc2cnc(N3CCN(c4ccccc4)CC3)nc2)cc1. The van der Waals surface area contributed by atoms with E-state index >= 15 is 0 Å². The van der Waals surface area contributed by atoms with Crippen LogP contribution in [0, 0.1) is 0 Å². The maximum Gasteiger partial charge on any atom is 0.255 e. The van der Waals surface area contributed by atoms with Crippen molar-refractivity contribution in [2.75, 3.05) is 41.3 Å². The number of anilines is 3. The zero-order valence-electron chi connectivity index (χ0n) is 16.8. The fourth-order valence-electron chi connectivity index (χ4n) is 3.41. The molecule has 1 aliphatic rings. The molecule has 0 unspecified atom stereocenters. The van der Waals surface area contributed by atoms with Crippen molar-refractivity contribution in [1.82, 2.24) is 9.97 Å². The van der Waals surface area contributed by atoms with E-state index in [2.05, 4.69) is 49.4 Å². The number of aromatic nitrogens is 2. The zero-order chi connectivity index (χ0) is 20.9. The number of piperazine rings is 1. The molecule has 1 saturated heterocycles. The van der Waals surface area contributed by atoms with Gasteiger partial charge in [0.25, 0.3) is 5.91 Å². The van der Waals surface area contributed by atoms with Crippen LogP contribution in [0.1, 0.15) is 27.6 Å². The molecule has 2 heterocycles. The van der Waals surface area contributed by atoms with Crippen LogP contribution in [0.4, 0.5) is 17.3 Å². The van der Waals surface area contributed by atoms with Gasteiger partial charge in [0.05, 0.1) is 18.1 Å². The fraction of sp³-hybridized carbons (Fsp3) is 0.217. The minimum absolute atomic E-state index is 0.0319. The predicted octanol–water partition coefficient (Wildman–Crippen LogP) is 3.26. The molecule has 1 amide bonds. The number of carbonyl (C=O) groups is 2. The molecule has 1 aromatic heterocycles. The molecule has 1 N–H and O–H groups in total. The Balaban J connectivity index is 1.34.